The van der Waals surface area contributed by atoms with Crippen LogP contribution in [0.5, 0.6) is 0 Å². The average molecular weight is 209 g/mol. The highest BCUT2D eigenvalue weighted by atomic mass is 16.7. The van der Waals surface area contributed by atoms with Gasteiger partial charge in [-0.2, -0.15) is 0 Å². The van der Waals surface area contributed by atoms with E-state index in [1.165, 1.54) is 0 Å². The zero-order valence-corrected chi connectivity index (χ0v) is 9.40. The van der Waals surface area contributed by atoms with E-state index in [-0.39, 0.29) is 6.29 Å². The van der Waals surface area contributed by atoms with Crippen molar-refractivity contribution < 1.29 is 9.47 Å². The molecule has 1 aromatic rings. The van der Waals surface area contributed by atoms with Gasteiger partial charge >= 0.3 is 0 Å². The Hall–Kier alpha value is -0.900. The molecular weight excluding hydrogens is 190 g/mol. The molecule has 0 aliphatic carbocycles. The first-order chi connectivity index (χ1) is 7.31. The highest BCUT2D eigenvalue weighted by Crippen LogP contribution is 2.19. The van der Waals surface area contributed by atoms with Crippen LogP contribution in [0.1, 0.15) is 31.3 Å². The zero-order chi connectivity index (χ0) is 11.1. The molecule has 0 heterocycles. The summed E-state index contributed by atoms with van der Waals surface area (Å²) in [6.07, 6.45) is -0.258. The molecule has 0 aromatic heterocycles. The van der Waals surface area contributed by atoms with E-state index in [1.54, 1.807) is 0 Å². The van der Waals surface area contributed by atoms with Crippen LogP contribution in [0.25, 0.3) is 0 Å². The Labute approximate surface area is 91.2 Å². The van der Waals surface area contributed by atoms with Gasteiger partial charge < -0.3 is 15.2 Å². The molecule has 84 valence electrons. The fraction of sp³-hybridized carbons (Fsp3) is 0.500. The second kappa shape index (κ2) is 6.56. The van der Waals surface area contributed by atoms with Crippen LogP contribution in [0.4, 0.5) is 0 Å². The van der Waals surface area contributed by atoms with Gasteiger partial charge in [0.15, 0.2) is 6.29 Å². The lowest BCUT2D eigenvalue weighted by atomic mass is 10.1. The third-order valence-electron chi connectivity index (χ3n) is 2.12. The largest absolute Gasteiger partial charge is 0.349 e. The summed E-state index contributed by atoms with van der Waals surface area (Å²) < 4.78 is 11.0. The molecule has 0 atom stereocenters. The highest BCUT2D eigenvalue weighted by molar-refractivity contribution is 5.23. The van der Waals surface area contributed by atoms with Gasteiger partial charge in [-0.1, -0.05) is 24.3 Å². The van der Waals surface area contributed by atoms with Gasteiger partial charge in [0.1, 0.15) is 0 Å². The van der Waals surface area contributed by atoms with Gasteiger partial charge in [-0.15, -0.1) is 0 Å². The van der Waals surface area contributed by atoms with Gasteiger partial charge in [-0.3, -0.25) is 0 Å². The summed E-state index contributed by atoms with van der Waals surface area (Å²) in [6.45, 7) is 5.77. The van der Waals surface area contributed by atoms with E-state index in [2.05, 4.69) is 0 Å². The minimum absolute atomic E-state index is 0.258. The first-order valence-electron chi connectivity index (χ1n) is 5.33. The normalized spacial score (nSPS) is 10.9. The van der Waals surface area contributed by atoms with E-state index < -0.39 is 0 Å². The van der Waals surface area contributed by atoms with Crippen molar-refractivity contribution in [3.63, 3.8) is 0 Å². The van der Waals surface area contributed by atoms with Gasteiger partial charge in [-0.25, -0.2) is 0 Å². The van der Waals surface area contributed by atoms with Crippen molar-refractivity contribution in [3.8, 4) is 0 Å². The Kier molecular flexibility index (Phi) is 5.32. The van der Waals surface area contributed by atoms with E-state index >= 15 is 0 Å². The smallest absolute Gasteiger partial charge is 0.183 e. The quantitative estimate of drug-likeness (QED) is 0.731. The molecule has 0 radical (unpaired) electrons. The monoisotopic (exact) mass is 209 g/mol. The summed E-state index contributed by atoms with van der Waals surface area (Å²) in [5.41, 5.74) is 7.68. The topological polar surface area (TPSA) is 44.5 Å². The lowest BCUT2D eigenvalue weighted by molar-refractivity contribution is -0.140. The fourth-order valence-corrected chi connectivity index (χ4v) is 1.35. The SMILES string of the molecule is CCOC(OCC)c1ccc(CN)cc1. The zero-order valence-electron chi connectivity index (χ0n) is 9.40. The Morgan fingerprint density at radius 1 is 1.07 bits per heavy atom. The summed E-state index contributed by atoms with van der Waals surface area (Å²) in [6, 6.07) is 8.00. The van der Waals surface area contributed by atoms with Crippen LogP contribution < -0.4 is 5.73 Å². The second-order valence-electron chi connectivity index (χ2n) is 3.19. The van der Waals surface area contributed by atoms with E-state index in [0.717, 1.165) is 11.1 Å². The van der Waals surface area contributed by atoms with Crippen LogP contribution in [0, 0.1) is 0 Å². The van der Waals surface area contributed by atoms with Crippen molar-refractivity contribution in [2.45, 2.75) is 26.7 Å². The summed E-state index contributed by atoms with van der Waals surface area (Å²) >= 11 is 0. The van der Waals surface area contributed by atoms with Gasteiger partial charge in [0.2, 0.25) is 0 Å². The van der Waals surface area contributed by atoms with Gasteiger partial charge in [0.25, 0.3) is 0 Å². The second-order valence-corrected chi connectivity index (χ2v) is 3.19. The van der Waals surface area contributed by atoms with E-state index in [4.69, 9.17) is 15.2 Å². The molecule has 0 fully saturated rings. The predicted molar refractivity (Wildman–Crippen MR) is 60.3 cm³/mol. The maximum Gasteiger partial charge on any atom is 0.183 e. The summed E-state index contributed by atoms with van der Waals surface area (Å²) in [5.74, 6) is 0. The van der Waals surface area contributed by atoms with Gasteiger partial charge in [0, 0.05) is 25.3 Å². The van der Waals surface area contributed by atoms with Crippen LogP contribution >= 0.6 is 0 Å². The number of benzene rings is 1. The minimum atomic E-state index is -0.258. The third-order valence-corrected chi connectivity index (χ3v) is 2.12. The highest BCUT2D eigenvalue weighted by Gasteiger charge is 2.10. The molecule has 0 amide bonds. The molecule has 0 saturated heterocycles. The van der Waals surface area contributed by atoms with Crippen molar-refractivity contribution in [3.05, 3.63) is 35.4 Å². The molecular formula is C12H19NO2. The number of ether oxygens (including phenoxy) is 2. The number of nitrogens with two attached hydrogens (primary N) is 1. The summed E-state index contributed by atoms with van der Waals surface area (Å²) in [4.78, 5) is 0. The van der Waals surface area contributed by atoms with E-state index in [0.29, 0.717) is 19.8 Å². The van der Waals surface area contributed by atoms with Crippen molar-refractivity contribution in [2.75, 3.05) is 13.2 Å². The maximum absolute atomic E-state index is 5.53. The van der Waals surface area contributed by atoms with Crippen LogP contribution in [0.3, 0.4) is 0 Å². The Morgan fingerprint density at radius 3 is 2.00 bits per heavy atom. The minimum Gasteiger partial charge on any atom is -0.349 e. The van der Waals surface area contributed by atoms with Crippen molar-refractivity contribution in [1.29, 1.82) is 0 Å². The molecule has 0 spiro atoms. The Bertz CT molecular complexity index is 265. The lowest BCUT2D eigenvalue weighted by Crippen LogP contribution is -2.09. The Morgan fingerprint density at radius 2 is 1.60 bits per heavy atom. The fourth-order valence-electron chi connectivity index (χ4n) is 1.35. The van der Waals surface area contributed by atoms with Crippen molar-refractivity contribution >= 4 is 0 Å². The lowest BCUT2D eigenvalue weighted by Gasteiger charge is -2.17. The summed E-state index contributed by atoms with van der Waals surface area (Å²) in [5, 5.41) is 0. The third kappa shape index (κ3) is 3.63. The number of hydrogen-bond acceptors (Lipinski definition) is 3. The van der Waals surface area contributed by atoms with Crippen molar-refractivity contribution in [1.82, 2.24) is 0 Å². The van der Waals surface area contributed by atoms with E-state index in [9.17, 15) is 0 Å². The van der Waals surface area contributed by atoms with Crippen LogP contribution in [0.15, 0.2) is 24.3 Å². The first-order valence-corrected chi connectivity index (χ1v) is 5.33. The van der Waals surface area contributed by atoms with Gasteiger partial charge in [0.05, 0.1) is 0 Å². The Balaban J connectivity index is 2.72. The number of hydrogen-bond donors (Lipinski definition) is 1. The van der Waals surface area contributed by atoms with Crippen LogP contribution in [-0.2, 0) is 16.0 Å². The average Bonchev–Trinajstić information content (AvgIpc) is 2.29. The predicted octanol–water partition coefficient (Wildman–Crippen LogP) is 2.22. The van der Waals surface area contributed by atoms with Crippen LogP contribution in [-0.4, -0.2) is 13.2 Å². The standard InChI is InChI=1S/C12H19NO2/c1-3-14-12(15-4-2)11-7-5-10(9-13)6-8-11/h5-8,12H,3-4,9,13H2,1-2H3. The molecule has 3 nitrogen and oxygen atoms in total. The summed E-state index contributed by atoms with van der Waals surface area (Å²) in [7, 11) is 0. The van der Waals surface area contributed by atoms with E-state index in [1.807, 2.05) is 38.1 Å². The van der Waals surface area contributed by atoms with Crippen molar-refractivity contribution in [2.24, 2.45) is 5.73 Å². The molecule has 1 aromatic carbocycles. The molecule has 15 heavy (non-hydrogen) atoms. The molecule has 0 saturated carbocycles. The van der Waals surface area contributed by atoms with Gasteiger partial charge in [-0.05, 0) is 19.4 Å². The molecule has 2 N–H and O–H groups in total. The first kappa shape index (κ1) is 12.2. The molecule has 0 unspecified atom stereocenters. The number of rotatable bonds is 6. The molecule has 3 heteroatoms. The maximum atomic E-state index is 5.53. The van der Waals surface area contributed by atoms with Crippen LogP contribution in [0.2, 0.25) is 0 Å². The molecule has 0 aliphatic rings. The molecule has 1 rings (SSSR count). The molecule has 0 aliphatic heterocycles. The molecule has 0 bridgehead atoms.